The second kappa shape index (κ2) is 17.0. The van der Waals surface area contributed by atoms with Crippen molar-refractivity contribution in [3.8, 4) is 0 Å². The van der Waals surface area contributed by atoms with Gasteiger partial charge in [-0.1, -0.05) is 33.1 Å². The number of amides is 3. The van der Waals surface area contributed by atoms with Crippen LogP contribution < -0.4 is 43.4 Å². The Morgan fingerprint density at radius 2 is 1.14 bits per heavy atom. The van der Waals surface area contributed by atoms with Crippen molar-refractivity contribution in [1.82, 2.24) is 29.7 Å². The van der Waals surface area contributed by atoms with Crippen molar-refractivity contribution in [2.75, 3.05) is 21.7 Å². The molecule has 8 heterocycles. The summed E-state index contributed by atoms with van der Waals surface area (Å²) in [6, 6.07) is 3.56. The van der Waals surface area contributed by atoms with Gasteiger partial charge in [0.1, 0.15) is 45.7 Å². The molecule has 12 rings (SSSR count). The molecule has 0 unspecified atom stereocenters. The Kier molecular flexibility index (Phi) is 11.5. The number of carbonyl (C=O) groups excluding carboxylic acids is 3. The van der Waals surface area contributed by atoms with Crippen molar-refractivity contribution in [3.63, 3.8) is 0 Å². The summed E-state index contributed by atoms with van der Waals surface area (Å²) in [6.07, 6.45) is 19.9. The van der Waals surface area contributed by atoms with Crippen molar-refractivity contribution in [1.29, 1.82) is 0 Å². The molecular formula is C49H60N10O7. The van der Waals surface area contributed by atoms with Gasteiger partial charge in [-0.15, -0.1) is 0 Å². The molecular weight excluding hydrogens is 841 g/mol. The van der Waals surface area contributed by atoms with Crippen LogP contribution in [0.15, 0.2) is 34.1 Å². The van der Waals surface area contributed by atoms with Gasteiger partial charge in [-0.2, -0.15) is 0 Å². The number of fused-ring (bicyclic) bond motifs is 8. The number of anilines is 6. The summed E-state index contributed by atoms with van der Waals surface area (Å²) in [5.41, 5.74) is 13.4. The first kappa shape index (κ1) is 44.7. The molecule has 17 heteroatoms. The van der Waals surface area contributed by atoms with Crippen LogP contribution in [-0.4, -0.2) is 47.9 Å². The van der Waals surface area contributed by atoms with Crippen molar-refractivity contribution < 1.29 is 24.3 Å². The zero-order valence-corrected chi connectivity index (χ0v) is 37.0. The highest BCUT2D eigenvalue weighted by molar-refractivity contribution is 5.99. The number of carboxylic acid groups (broad SMARTS) is 1. The van der Waals surface area contributed by atoms with E-state index in [-0.39, 0.29) is 48.1 Å². The van der Waals surface area contributed by atoms with E-state index in [1.807, 2.05) is 13.8 Å². The average molecular weight is 901 g/mol. The lowest BCUT2D eigenvalue weighted by Crippen LogP contribution is -2.49. The van der Waals surface area contributed by atoms with Crippen molar-refractivity contribution in [2.24, 2.45) is 11.8 Å². The Morgan fingerprint density at radius 3 is 1.56 bits per heavy atom. The Labute approximate surface area is 382 Å². The monoisotopic (exact) mass is 900 g/mol. The smallest absolute Gasteiger partial charge is 0.306 e. The van der Waals surface area contributed by atoms with E-state index in [2.05, 4.69) is 36.6 Å². The topological polar surface area (TPSA) is 244 Å². The number of carboxylic acids is 1. The van der Waals surface area contributed by atoms with Crippen molar-refractivity contribution in [2.45, 2.75) is 148 Å². The summed E-state index contributed by atoms with van der Waals surface area (Å²) in [4.78, 5) is 83.7. The van der Waals surface area contributed by atoms with Crippen LogP contribution in [0.4, 0.5) is 34.4 Å². The number of aliphatic carboxylic acids is 1. The van der Waals surface area contributed by atoms with E-state index >= 15 is 0 Å². The molecule has 3 amide bonds. The number of nitrogens with zero attached hydrogens (tertiary/aromatic N) is 4. The van der Waals surface area contributed by atoms with E-state index in [4.69, 9.17) is 10.8 Å². The molecule has 4 saturated carbocycles. The van der Waals surface area contributed by atoms with Gasteiger partial charge in [0.25, 0.3) is 22.9 Å². The van der Waals surface area contributed by atoms with E-state index in [1.165, 1.54) is 0 Å². The maximum atomic E-state index is 13.7. The minimum Gasteiger partial charge on any atom is -0.481 e. The summed E-state index contributed by atoms with van der Waals surface area (Å²) in [7, 11) is 0. The molecule has 8 N–H and O–H groups in total. The number of hydrogen-bond acceptors (Lipinski definition) is 11. The van der Waals surface area contributed by atoms with Crippen LogP contribution in [0.2, 0.25) is 0 Å². The highest BCUT2D eigenvalue weighted by atomic mass is 16.4. The van der Waals surface area contributed by atoms with Crippen LogP contribution in [0.25, 0.3) is 0 Å². The summed E-state index contributed by atoms with van der Waals surface area (Å²) in [6.45, 7) is 3.86. The van der Waals surface area contributed by atoms with Crippen LogP contribution in [-0.2, 0) is 33.8 Å². The molecule has 4 aromatic rings. The predicted octanol–water partition coefficient (Wildman–Crippen LogP) is 6.95. The van der Waals surface area contributed by atoms with Gasteiger partial charge in [-0.3, -0.25) is 37.9 Å². The Morgan fingerprint density at radius 1 is 0.682 bits per heavy atom. The summed E-state index contributed by atoms with van der Waals surface area (Å²) in [5.74, 6) is 0.0955. The van der Waals surface area contributed by atoms with Crippen LogP contribution >= 0.6 is 0 Å². The fourth-order valence-corrected chi connectivity index (χ4v) is 11.1. The molecule has 348 valence electrons. The maximum Gasteiger partial charge on any atom is 0.306 e. The zero-order chi connectivity index (χ0) is 45.4. The minimum absolute atomic E-state index is 0. The Balaban J connectivity index is 0.000000145. The van der Waals surface area contributed by atoms with Gasteiger partial charge < -0.3 is 37.4 Å². The van der Waals surface area contributed by atoms with Gasteiger partial charge >= 0.3 is 5.97 Å². The van der Waals surface area contributed by atoms with Gasteiger partial charge in [-0.25, -0.2) is 9.97 Å². The number of carbonyl (C=O) groups is 4. The first-order valence-corrected chi connectivity index (χ1v) is 23.3. The lowest BCUT2D eigenvalue weighted by atomic mass is 9.85. The number of rotatable bonds is 3. The van der Waals surface area contributed by atoms with Gasteiger partial charge in [0.2, 0.25) is 5.91 Å². The molecule has 8 aliphatic rings. The predicted molar refractivity (Wildman–Crippen MR) is 251 cm³/mol. The van der Waals surface area contributed by atoms with Gasteiger partial charge in [0.05, 0.1) is 5.92 Å². The van der Waals surface area contributed by atoms with Gasteiger partial charge in [-0.05, 0) is 124 Å². The van der Waals surface area contributed by atoms with Gasteiger partial charge in [0.15, 0.2) is 0 Å². The number of nitrogens with one attached hydrogen (secondary N) is 5. The second-order valence-corrected chi connectivity index (χ2v) is 19.2. The molecule has 4 aliphatic heterocycles. The van der Waals surface area contributed by atoms with Crippen molar-refractivity contribution >= 4 is 58.1 Å². The minimum atomic E-state index is -0.619. The first-order chi connectivity index (χ1) is 31.3. The quantitative estimate of drug-likeness (QED) is 0.0955. The van der Waals surface area contributed by atoms with E-state index in [0.29, 0.717) is 47.2 Å². The molecule has 17 nitrogen and oxygen atoms in total. The molecule has 0 radical (unpaired) electrons. The summed E-state index contributed by atoms with van der Waals surface area (Å²) in [5, 5.41) is 24.0. The Hall–Kier alpha value is -6.52. The van der Waals surface area contributed by atoms with Crippen LogP contribution in [0.3, 0.4) is 0 Å². The lowest BCUT2D eigenvalue weighted by Gasteiger charge is -2.36. The highest BCUT2D eigenvalue weighted by Crippen LogP contribution is 2.43. The van der Waals surface area contributed by atoms with E-state index in [9.17, 15) is 28.8 Å². The maximum absolute atomic E-state index is 13.7. The number of nitrogens with two attached hydrogens (primary N) is 1. The highest BCUT2D eigenvalue weighted by Gasteiger charge is 2.48. The third-order valence-electron chi connectivity index (χ3n) is 15.3. The molecule has 4 aromatic heterocycles. The molecule has 0 bridgehead atoms. The summed E-state index contributed by atoms with van der Waals surface area (Å²) >= 11 is 0. The standard InChI is InChI=1S/C24H27N5O3.C19H21N5O2.C5H8O2.CH4/c1-13-16-10-15-12-25-18(27-21(30)14-6-5-7-14)11-17(15)26-19(16)23(32)29-20(13)22(31)28-24(29)8-3-2-4-9-24;1-10-12-7-11-9-21-14(20)8-13(11)22-15(12)18(26)24-16(10)17(25)23-19(24)5-3-2-4-6-19;6-5(7)4-2-1-3-4;/h11-12,14,26H,2-10H2,1H3,(H,28,31)(H,25,27,30);8-9,22H,2-7H2,1H3,(H2,20,21)(H,23,25);4H,1-3H2,(H,6,7);1H4. The van der Waals surface area contributed by atoms with Crippen LogP contribution in [0.5, 0.6) is 0 Å². The lowest BCUT2D eigenvalue weighted by molar-refractivity contribution is -0.144. The number of nitrogen functional groups attached to an aromatic ring is 1. The molecule has 0 saturated heterocycles. The molecule has 2 spiro atoms. The molecule has 0 aromatic carbocycles. The van der Waals surface area contributed by atoms with Gasteiger partial charge in [0, 0.05) is 54.7 Å². The normalized spacial score (nSPS) is 19.8. The van der Waals surface area contributed by atoms with Crippen LogP contribution in [0.1, 0.15) is 165 Å². The molecule has 0 atom stereocenters. The molecule has 4 aliphatic carbocycles. The fourth-order valence-electron chi connectivity index (χ4n) is 11.1. The number of pyridine rings is 4. The number of hydrogen-bond donors (Lipinski definition) is 7. The zero-order valence-electron chi connectivity index (χ0n) is 37.0. The van der Waals surface area contributed by atoms with E-state index in [0.717, 1.165) is 147 Å². The largest absolute Gasteiger partial charge is 0.481 e. The fraction of sp³-hybridized carbons (Fsp3) is 0.510. The molecule has 66 heavy (non-hydrogen) atoms. The SMILES string of the molecule is C.Cc1c2c(c(=O)n3c1C(=O)NC31CCCCC1)Nc1cc(N)ncc1C2.Cc1c2c(c(=O)n3c1C(=O)NC31CCCCC1)Nc1cc(NC(=O)C3CCC3)ncc1C2.O=C(O)C1CCC1. The second-order valence-electron chi connectivity index (χ2n) is 19.2. The molecule has 4 fully saturated rings. The average Bonchev–Trinajstić information content (AvgIpc) is 3.68. The van der Waals surface area contributed by atoms with E-state index < -0.39 is 17.3 Å². The first-order valence-electron chi connectivity index (χ1n) is 23.3. The van der Waals surface area contributed by atoms with Crippen molar-refractivity contribution in [3.05, 3.63) is 90.0 Å². The Bertz CT molecular complexity index is 2810. The summed E-state index contributed by atoms with van der Waals surface area (Å²) < 4.78 is 3.45. The van der Waals surface area contributed by atoms with E-state index in [1.54, 1.807) is 33.7 Å². The third-order valence-corrected chi connectivity index (χ3v) is 15.3. The third kappa shape index (κ3) is 7.39. The van der Waals surface area contributed by atoms with Crippen LogP contribution in [0, 0.1) is 25.7 Å². The number of aromatic nitrogens is 4.